The molecule has 0 aromatic heterocycles. The van der Waals surface area contributed by atoms with Gasteiger partial charge in [-0.1, -0.05) is 325 Å². The summed E-state index contributed by atoms with van der Waals surface area (Å²) in [7, 11) is 0. The van der Waals surface area contributed by atoms with Gasteiger partial charge in [0.1, 0.15) is 13.2 Å². The Bertz CT molecular complexity index is 1420. The van der Waals surface area contributed by atoms with E-state index in [4.69, 9.17) is 14.2 Å². The Labute approximate surface area is 478 Å². The van der Waals surface area contributed by atoms with E-state index >= 15 is 0 Å². The normalized spacial score (nSPS) is 12.5. The molecule has 77 heavy (non-hydrogen) atoms. The van der Waals surface area contributed by atoms with E-state index in [0.29, 0.717) is 19.3 Å². The van der Waals surface area contributed by atoms with Crippen LogP contribution in [-0.2, 0) is 28.6 Å². The van der Waals surface area contributed by atoms with Gasteiger partial charge in [0.05, 0.1) is 0 Å². The van der Waals surface area contributed by atoms with Gasteiger partial charge in [-0.2, -0.15) is 0 Å². The van der Waals surface area contributed by atoms with Crippen LogP contribution in [0, 0.1) is 0 Å². The summed E-state index contributed by atoms with van der Waals surface area (Å²) >= 11 is 0. The molecule has 6 nitrogen and oxygen atoms in total. The summed E-state index contributed by atoms with van der Waals surface area (Å²) in [5, 5.41) is 0. The molecule has 0 aliphatic rings. The van der Waals surface area contributed by atoms with Crippen molar-refractivity contribution in [3.05, 3.63) is 72.9 Å². The Kier molecular flexibility index (Phi) is 62.7. The molecule has 0 radical (unpaired) electrons. The van der Waals surface area contributed by atoms with Crippen LogP contribution in [0.5, 0.6) is 0 Å². The Balaban J connectivity index is 4.01. The zero-order valence-electron chi connectivity index (χ0n) is 51.2. The maximum atomic E-state index is 12.8. The molecular weight excluding hydrogens is 949 g/mol. The molecule has 0 saturated heterocycles. The smallest absolute Gasteiger partial charge is 0.306 e. The lowest BCUT2D eigenvalue weighted by molar-refractivity contribution is -0.167. The van der Waals surface area contributed by atoms with Crippen LogP contribution in [0.1, 0.15) is 342 Å². The lowest BCUT2D eigenvalue weighted by atomic mass is 10.0. The Hall–Kier alpha value is -3.15. The minimum Gasteiger partial charge on any atom is -0.462 e. The highest BCUT2D eigenvalue weighted by atomic mass is 16.6. The van der Waals surface area contributed by atoms with Gasteiger partial charge in [0.25, 0.3) is 0 Å². The Morgan fingerprint density at radius 3 is 0.792 bits per heavy atom. The van der Waals surface area contributed by atoms with Crippen molar-refractivity contribution in [3.63, 3.8) is 0 Å². The first-order valence-corrected chi connectivity index (χ1v) is 33.4. The van der Waals surface area contributed by atoms with Crippen molar-refractivity contribution in [3.8, 4) is 0 Å². The van der Waals surface area contributed by atoms with Gasteiger partial charge >= 0.3 is 17.9 Å². The molecule has 0 bridgehead atoms. The van der Waals surface area contributed by atoms with Gasteiger partial charge in [-0.25, -0.2) is 0 Å². The summed E-state index contributed by atoms with van der Waals surface area (Å²) < 4.78 is 16.8. The third kappa shape index (κ3) is 63.6. The molecule has 1 atom stereocenters. The molecule has 6 heteroatoms. The van der Waals surface area contributed by atoms with Gasteiger partial charge < -0.3 is 14.2 Å². The molecule has 0 fully saturated rings. The largest absolute Gasteiger partial charge is 0.462 e. The molecule has 446 valence electrons. The van der Waals surface area contributed by atoms with E-state index in [1.165, 1.54) is 186 Å². The van der Waals surface area contributed by atoms with Gasteiger partial charge in [-0.05, 0) is 70.6 Å². The minimum atomic E-state index is -0.780. The second-order valence-corrected chi connectivity index (χ2v) is 22.4. The second kappa shape index (κ2) is 65.4. The van der Waals surface area contributed by atoms with E-state index in [0.717, 1.165) is 116 Å². The molecule has 0 aromatic carbocycles. The molecular formula is C71H126O6. The van der Waals surface area contributed by atoms with Crippen molar-refractivity contribution in [1.82, 2.24) is 0 Å². The van der Waals surface area contributed by atoms with Crippen LogP contribution in [0.3, 0.4) is 0 Å². The molecule has 0 rings (SSSR count). The predicted molar refractivity (Wildman–Crippen MR) is 335 cm³/mol. The summed E-state index contributed by atoms with van der Waals surface area (Å²) in [5.74, 6) is -0.893. The zero-order chi connectivity index (χ0) is 55.7. The Morgan fingerprint density at radius 2 is 0.506 bits per heavy atom. The molecule has 0 N–H and O–H groups in total. The number of carbonyl (C=O) groups excluding carboxylic acids is 3. The zero-order valence-corrected chi connectivity index (χ0v) is 51.2. The maximum absolute atomic E-state index is 12.8. The van der Waals surface area contributed by atoms with Crippen molar-refractivity contribution in [2.45, 2.75) is 348 Å². The third-order valence-electron chi connectivity index (χ3n) is 14.7. The third-order valence-corrected chi connectivity index (χ3v) is 14.7. The number of rotatable bonds is 61. The highest BCUT2D eigenvalue weighted by Gasteiger charge is 2.19. The van der Waals surface area contributed by atoms with Crippen LogP contribution in [0.15, 0.2) is 72.9 Å². The molecule has 0 aliphatic carbocycles. The average Bonchev–Trinajstić information content (AvgIpc) is 3.43. The highest BCUT2D eigenvalue weighted by molar-refractivity contribution is 5.71. The van der Waals surface area contributed by atoms with E-state index in [9.17, 15) is 14.4 Å². The molecule has 1 unspecified atom stereocenters. The first-order valence-electron chi connectivity index (χ1n) is 33.4. The van der Waals surface area contributed by atoms with Crippen molar-refractivity contribution in [2.24, 2.45) is 0 Å². The monoisotopic (exact) mass is 1070 g/mol. The molecule has 0 aliphatic heterocycles. The lowest BCUT2D eigenvalue weighted by Gasteiger charge is -2.18. The summed E-state index contributed by atoms with van der Waals surface area (Å²) in [6.07, 6.45) is 85.5. The first kappa shape index (κ1) is 73.8. The quantitative estimate of drug-likeness (QED) is 0.0261. The number of hydrogen-bond acceptors (Lipinski definition) is 6. The van der Waals surface area contributed by atoms with Crippen LogP contribution in [-0.4, -0.2) is 37.2 Å². The number of allylic oxidation sites excluding steroid dienone is 12. The van der Waals surface area contributed by atoms with Crippen LogP contribution < -0.4 is 0 Å². The summed E-state index contributed by atoms with van der Waals surface area (Å²) in [5.41, 5.74) is 0. The van der Waals surface area contributed by atoms with Gasteiger partial charge in [-0.3, -0.25) is 14.4 Å². The first-order chi connectivity index (χ1) is 38.0. The summed E-state index contributed by atoms with van der Waals surface area (Å²) in [4.78, 5) is 38.0. The Morgan fingerprint density at radius 1 is 0.273 bits per heavy atom. The molecule has 0 heterocycles. The van der Waals surface area contributed by atoms with E-state index in [1.54, 1.807) is 0 Å². The lowest BCUT2D eigenvalue weighted by Crippen LogP contribution is -2.30. The fourth-order valence-electron chi connectivity index (χ4n) is 9.74. The van der Waals surface area contributed by atoms with Crippen LogP contribution in [0.25, 0.3) is 0 Å². The van der Waals surface area contributed by atoms with E-state index < -0.39 is 6.10 Å². The highest BCUT2D eigenvalue weighted by Crippen LogP contribution is 2.18. The number of carbonyl (C=O) groups is 3. The van der Waals surface area contributed by atoms with Crippen molar-refractivity contribution < 1.29 is 28.6 Å². The maximum Gasteiger partial charge on any atom is 0.306 e. The summed E-state index contributed by atoms with van der Waals surface area (Å²) in [6.45, 7) is 6.47. The van der Waals surface area contributed by atoms with Crippen molar-refractivity contribution in [1.29, 1.82) is 0 Å². The van der Waals surface area contributed by atoms with Gasteiger partial charge in [0.15, 0.2) is 6.10 Å². The van der Waals surface area contributed by atoms with Crippen LogP contribution >= 0.6 is 0 Å². The van der Waals surface area contributed by atoms with E-state index in [-0.39, 0.29) is 31.1 Å². The van der Waals surface area contributed by atoms with Gasteiger partial charge in [-0.15, -0.1) is 0 Å². The molecule has 0 saturated carbocycles. The number of hydrogen-bond donors (Lipinski definition) is 0. The fourth-order valence-corrected chi connectivity index (χ4v) is 9.74. The number of unbranched alkanes of at least 4 members (excludes halogenated alkanes) is 38. The SMILES string of the molecule is CC/C=C\C/C=C\C/C=C\C/C=C\C/C=C\C/C=C\CCCCCCCCC(=O)OC(COC(=O)CCCCCCC)COC(=O)CCCCCCCCCCCCCCCCCCCCCCCCCCCCCCC. The molecule has 0 aromatic rings. The van der Waals surface area contributed by atoms with Crippen LogP contribution in [0.2, 0.25) is 0 Å². The minimum absolute atomic E-state index is 0.0787. The molecule has 0 spiro atoms. The van der Waals surface area contributed by atoms with Gasteiger partial charge in [0, 0.05) is 19.3 Å². The molecule has 0 amide bonds. The van der Waals surface area contributed by atoms with Crippen molar-refractivity contribution >= 4 is 17.9 Å². The van der Waals surface area contributed by atoms with E-state index in [1.807, 2.05) is 0 Å². The summed E-state index contributed by atoms with van der Waals surface area (Å²) in [6, 6.07) is 0. The van der Waals surface area contributed by atoms with Crippen LogP contribution in [0.4, 0.5) is 0 Å². The van der Waals surface area contributed by atoms with Gasteiger partial charge in [0.2, 0.25) is 0 Å². The average molecular weight is 1080 g/mol. The number of esters is 3. The predicted octanol–water partition coefficient (Wildman–Crippen LogP) is 22.9. The second-order valence-electron chi connectivity index (χ2n) is 22.4. The fraction of sp³-hybridized carbons (Fsp3) is 0.789. The number of ether oxygens (including phenoxy) is 3. The van der Waals surface area contributed by atoms with E-state index in [2.05, 4.69) is 93.7 Å². The van der Waals surface area contributed by atoms with Crippen molar-refractivity contribution in [2.75, 3.05) is 13.2 Å². The standard InChI is InChI=1S/C71H126O6/c1-4-7-10-13-15-17-19-21-23-25-27-29-31-33-34-35-36-38-39-41-43-45-47-49-51-53-55-58-61-64-70(73)76-67-68(66-75-69(72)63-60-57-12-9-6-3)77-71(74)65-62-59-56-54-52-50-48-46-44-42-40-37-32-30-28-26-24-22-20-18-16-14-11-8-5-2/h8,11,16,18,22,24,28,30,37,40,44,46,68H,4-7,9-10,12-15,17,19-21,23,25-27,29,31-36,38-39,41-43,45,47-67H2,1-3H3/b11-8-,18-16-,24-22-,30-28-,40-37-,46-44-. The topological polar surface area (TPSA) is 78.9 Å².